The predicted octanol–water partition coefficient (Wildman–Crippen LogP) is 4.16. The number of amides is 3. The summed E-state index contributed by atoms with van der Waals surface area (Å²) < 4.78 is 5.30. The van der Waals surface area contributed by atoms with Crippen molar-refractivity contribution in [2.75, 3.05) is 0 Å². The molecule has 2 aliphatic rings. The fraction of sp³-hybridized carbons (Fsp3) is 0.276. The Morgan fingerprint density at radius 3 is 2.59 bits per heavy atom. The van der Waals surface area contributed by atoms with Crippen LogP contribution in [0, 0.1) is 0 Å². The summed E-state index contributed by atoms with van der Waals surface area (Å²) >= 11 is 1.24. The lowest BCUT2D eigenvalue weighted by atomic mass is 10.1. The van der Waals surface area contributed by atoms with Crippen molar-refractivity contribution in [3.63, 3.8) is 0 Å². The lowest BCUT2D eigenvalue weighted by Crippen LogP contribution is -2.43. The molecule has 2 aromatic carbocycles. The van der Waals surface area contributed by atoms with Gasteiger partial charge in [-0.3, -0.25) is 19.4 Å². The average molecular weight is 544 g/mol. The number of thioether (sulfide) groups is 1. The largest absolute Gasteiger partial charge is 0.467 e. The summed E-state index contributed by atoms with van der Waals surface area (Å²) in [7, 11) is 0. The second-order valence-corrected chi connectivity index (χ2v) is 10.3. The number of carbonyl (C=O) groups excluding carboxylic acids is 3. The first-order valence-electron chi connectivity index (χ1n) is 12.9. The molecule has 0 aliphatic carbocycles. The third-order valence-electron chi connectivity index (χ3n) is 6.45. The van der Waals surface area contributed by atoms with Crippen LogP contribution in [0.15, 0.2) is 87.4 Å². The van der Waals surface area contributed by atoms with Gasteiger partial charge in [0.05, 0.1) is 23.7 Å². The molecule has 5 rings (SSSR count). The molecule has 0 fully saturated rings. The fourth-order valence-corrected chi connectivity index (χ4v) is 5.42. The van der Waals surface area contributed by atoms with Gasteiger partial charge in [-0.1, -0.05) is 61.2 Å². The van der Waals surface area contributed by atoms with Crippen LogP contribution in [0.5, 0.6) is 0 Å². The summed E-state index contributed by atoms with van der Waals surface area (Å²) in [6, 6.07) is 20.0. The van der Waals surface area contributed by atoms with E-state index >= 15 is 0 Å². The number of fused-ring (bicyclic) bond motifs is 3. The molecule has 2 atom stereocenters. The molecule has 2 aliphatic heterocycles. The number of rotatable bonds is 10. The van der Waals surface area contributed by atoms with Crippen molar-refractivity contribution in [1.29, 1.82) is 0 Å². The molecule has 0 radical (unpaired) electrons. The van der Waals surface area contributed by atoms with Crippen molar-refractivity contribution in [2.24, 2.45) is 9.98 Å². The third kappa shape index (κ3) is 6.12. The average Bonchev–Trinajstić information content (AvgIpc) is 3.61. The van der Waals surface area contributed by atoms with Crippen LogP contribution in [0.2, 0.25) is 0 Å². The Hall–Kier alpha value is -4.18. The molecule has 200 valence electrons. The molecule has 3 aromatic rings. The van der Waals surface area contributed by atoms with Crippen molar-refractivity contribution in [1.82, 2.24) is 15.5 Å². The molecule has 1 aromatic heterocycles. The van der Waals surface area contributed by atoms with Gasteiger partial charge in [-0.05, 0) is 42.7 Å². The molecule has 39 heavy (non-hydrogen) atoms. The Labute approximate surface area is 230 Å². The van der Waals surface area contributed by atoms with E-state index in [4.69, 9.17) is 14.4 Å². The number of furan rings is 1. The normalized spacial score (nSPS) is 16.6. The van der Waals surface area contributed by atoms with Gasteiger partial charge >= 0.3 is 0 Å². The maximum Gasteiger partial charge on any atom is 0.259 e. The van der Waals surface area contributed by atoms with Crippen LogP contribution in [0.4, 0.5) is 5.69 Å². The van der Waals surface area contributed by atoms with Crippen molar-refractivity contribution < 1.29 is 18.8 Å². The molecule has 0 unspecified atom stereocenters. The van der Waals surface area contributed by atoms with Crippen molar-refractivity contribution in [3.8, 4) is 0 Å². The van der Waals surface area contributed by atoms with Crippen LogP contribution in [-0.2, 0) is 27.5 Å². The van der Waals surface area contributed by atoms with Gasteiger partial charge in [-0.25, -0.2) is 9.89 Å². The van der Waals surface area contributed by atoms with Crippen LogP contribution in [0.25, 0.3) is 0 Å². The third-order valence-corrected chi connectivity index (χ3v) is 7.77. The highest BCUT2D eigenvalue weighted by molar-refractivity contribution is 8.15. The Bertz CT molecular complexity index is 1400. The fourth-order valence-electron chi connectivity index (χ4n) is 4.37. The zero-order valence-corrected chi connectivity index (χ0v) is 22.3. The number of amidine groups is 2. The summed E-state index contributed by atoms with van der Waals surface area (Å²) in [5.74, 6) is 0.616. The van der Waals surface area contributed by atoms with Crippen LogP contribution in [-0.4, -0.2) is 44.9 Å². The number of carbonyl (C=O) groups is 3. The van der Waals surface area contributed by atoms with E-state index in [1.807, 2.05) is 61.5 Å². The number of para-hydroxylation sites is 1. The quantitative estimate of drug-likeness (QED) is 0.398. The molecular weight excluding hydrogens is 514 g/mol. The van der Waals surface area contributed by atoms with E-state index in [0.29, 0.717) is 35.4 Å². The van der Waals surface area contributed by atoms with Gasteiger partial charge in [0.15, 0.2) is 5.17 Å². The molecule has 0 saturated carbocycles. The van der Waals surface area contributed by atoms with E-state index in [2.05, 4.69) is 10.6 Å². The molecule has 0 spiro atoms. The zero-order chi connectivity index (χ0) is 27.2. The Morgan fingerprint density at radius 2 is 1.82 bits per heavy atom. The van der Waals surface area contributed by atoms with E-state index in [0.717, 1.165) is 11.1 Å². The highest BCUT2D eigenvalue weighted by atomic mass is 32.2. The number of hydrogen-bond acceptors (Lipinski definition) is 7. The molecule has 3 amide bonds. The van der Waals surface area contributed by atoms with Gasteiger partial charge in [0.2, 0.25) is 11.8 Å². The van der Waals surface area contributed by atoms with E-state index in [1.54, 1.807) is 18.4 Å². The summed E-state index contributed by atoms with van der Waals surface area (Å²) in [5, 5.41) is 5.74. The molecule has 0 saturated heterocycles. The van der Waals surface area contributed by atoms with Crippen LogP contribution < -0.4 is 10.6 Å². The van der Waals surface area contributed by atoms with Gasteiger partial charge in [0.25, 0.3) is 5.91 Å². The first-order valence-corrected chi connectivity index (χ1v) is 13.8. The van der Waals surface area contributed by atoms with E-state index in [9.17, 15) is 14.4 Å². The number of nitrogens with zero attached hydrogens (tertiary/aromatic N) is 3. The molecule has 0 bridgehead atoms. The highest BCUT2D eigenvalue weighted by Crippen LogP contribution is 2.35. The molecule has 10 heteroatoms. The van der Waals surface area contributed by atoms with Crippen molar-refractivity contribution in [2.45, 2.75) is 50.6 Å². The minimum Gasteiger partial charge on any atom is -0.467 e. The number of aliphatic imine (C=N–C) groups is 2. The van der Waals surface area contributed by atoms with Gasteiger partial charge in [-0.2, -0.15) is 0 Å². The lowest BCUT2D eigenvalue weighted by molar-refractivity contribution is -0.125. The summed E-state index contributed by atoms with van der Waals surface area (Å²) in [6.07, 6.45) is 2.54. The smallest absolute Gasteiger partial charge is 0.259 e. The Kier molecular flexibility index (Phi) is 8.21. The van der Waals surface area contributed by atoms with Crippen LogP contribution in [0.3, 0.4) is 0 Å². The minimum absolute atomic E-state index is 0.139. The van der Waals surface area contributed by atoms with Gasteiger partial charge in [0.1, 0.15) is 17.6 Å². The number of hydrogen-bond donors (Lipinski definition) is 2. The molecule has 9 nitrogen and oxygen atoms in total. The van der Waals surface area contributed by atoms with E-state index in [-0.39, 0.29) is 37.1 Å². The topological polar surface area (TPSA) is 116 Å². The van der Waals surface area contributed by atoms with Crippen molar-refractivity contribution in [3.05, 3.63) is 89.9 Å². The standard InChI is InChI=1S/C29H29N5O4S/c1-2-24(27(36)31-18-20-11-8-16-38-20)39-29-33-22-13-7-6-12-21(22)26-32-23(28(37)34(26)29)14-15-25(35)30-17-19-9-4-3-5-10-19/h3-13,16,23-24H,2,14-15,17-18H2,1H3,(H,30,35)(H,31,36)/t23-,24+/m1/s1. The summed E-state index contributed by atoms with van der Waals surface area (Å²) in [6.45, 7) is 2.63. The first kappa shape index (κ1) is 26.4. The maximum absolute atomic E-state index is 13.5. The van der Waals surface area contributed by atoms with Gasteiger partial charge in [0, 0.05) is 18.5 Å². The second-order valence-electron chi connectivity index (χ2n) is 9.17. The SMILES string of the molecule is CC[C@H](SC1=Nc2ccccc2C2=N[C@H](CCC(=O)NCc3ccccc3)C(=O)N12)C(=O)NCc1ccco1. The van der Waals surface area contributed by atoms with E-state index in [1.165, 1.54) is 16.7 Å². The summed E-state index contributed by atoms with van der Waals surface area (Å²) in [4.78, 5) is 50.0. The van der Waals surface area contributed by atoms with Gasteiger partial charge in [-0.15, -0.1) is 0 Å². The first-order chi connectivity index (χ1) is 19.0. The number of nitrogens with one attached hydrogen (secondary N) is 2. The predicted molar refractivity (Wildman–Crippen MR) is 150 cm³/mol. The molecule has 2 N–H and O–H groups in total. The monoisotopic (exact) mass is 543 g/mol. The van der Waals surface area contributed by atoms with Crippen molar-refractivity contribution >= 4 is 46.2 Å². The lowest BCUT2D eigenvalue weighted by Gasteiger charge is -2.27. The van der Waals surface area contributed by atoms with Gasteiger partial charge < -0.3 is 15.1 Å². The Balaban J connectivity index is 1.27. The Morgan fingerprint density at radius 1 is 1.03 bits per heavy atom. The maximum atomic E-state index is 13.5. The zero-order valence-electron chi connectivity index (χ0n) is 21.5. The second kappa shape index (κ2) is 12.1. The molecule has 3 heterocycles. The number of benzene rings is 2. The van der Waals surface area contributed by atoms with E-state index < -0.39 is 11.3 Å². The van der Waals surface area contributed by atoms with Crippen LogP contribution >= 0.6 is 11.8 Å². The minimum atomic E-state index is -0.702. The van der Waals surface area contributed by atoms with Crippen LogP contribution in [0.1, 0.15) is 43.1 Å². The highest BCUT2D eigenvalue weighted by Gasteiger charge is 2.42. The molecular formula is C29H29N5O4S. The summed E-state index contributed by atoms with van der Waals surface area (Å²) in [5.41, 5.74) is 2.45.